The van der Waals surface area contributed by atoms with Crippen molar-refractivity contribution in [1.29, 1.82) is 0 Å². The number of aryl methyl sites for hydroxylation is 1. The Morgan fingerprint density at radius 2 is 1.65 bits per heavy atom. The molecule has 1 aliphatic rings. The number of hydrogen-bond donors (Lipinski definition) is 1. The van der Waals surface area contributed by atoms with Crippen molar-refractivity contribution in [2.45, 2.75) is 45.6 Å². The summed E-state index contributed by atoms with van der Waals surface area (Å²) in [6, 6.07) is 18.7. The van der Waals surface area contributed by atoms with Gasteiger partial charge in [-0.25, -0.2) is 4.39 Å². The number of Topliss-reactive ketones (excluding diaryl/α,β-unsaturated/α-hetero) is 1. The van der Waals surface area contributed by atoms with Crippen LogP contribution in [0.3, 0.4) is 0 Å². The number of hydrogen-bond acceptors (Lipinski definition) is 4. The largest absolute Gasteiger partial charge is 0.507 e. The predicted octanol–water partition coefficient (Wildman–Crippen LogP) is 6.10. The normalized spacial score (nSPS) is 17.4. The Kier molecular flexibility index (Phi) is 7.21. The lowest BCUT2D eigenvalue weighted by Crippen LogP contribution is -2.31. The maximum atomic E-state index is 13.9. The van der Waals surface area contributed by atoms with Crippen molar-refractivity contribution in [2.75, 3.05) is 13.7 Å². The molecule has 4 rings (SSSR count). The van der Waals surface area contributed by atoms with E-state index in [0.29, 0.717) is 17.5 Å². The highest BCUT2D eigenvalue weighted by atomic mass is 19.1. The number of methoxy groups -OCH3 is 1. The van der Waals surface area contributed by atoms with Crippen molar-refractivity contribution in [2.24, 2.45) is 0 Å². The van der Waals surface area contributed by atoms with Crippen LogP contribution in [0.1, 0.15) is 54.6 Å². The Morgan fingerprint density at radius 1 is 1.00 bits per heavy atom. The molecule has 0 aromatic heterocycles. The monoisotopic (exact) mass is 501 g/mol. The average molecular weight is 502 g/mol. The van der Waals surface area contributed by atoms with Crippen molar-refractivity contribution in [3.63, 3.8) is 0 Å². The molecule has 0 radical (unpaired) electrons. The van der Waals surface area contributed by atoms with E-state index in [1.807, 2.05) is 48.5 Å². The van der Waals surface area contributed by atoms with Gasteiger partial charge in [0.2, 0.25) is 0 Å². The molecule has 0 bridgehead atoms. The van der Waals surface area contributed by atoms with E-state index in [2.05, 4.69) is 20.8 Å². The van der Waals surface area contributed by atoms with Crippen LogP contribution in [-0.4, -0.2) is 35.4 Å². The number of carbonyl (C=O) groups excluding carboxylic acids is 2. The van der Waals surface area contributed by atoms with E-state index < -0.39 is 23.5 Å². The van der Waals surface area contributed by atoms with Gasteiger partial charge in [-0.15, -0.1) is 0 Å². The van der Waals surface area contributed by atoms with E-state index in [4.69, 9.17) is 4.74 Å². The molecule has 5 nitrogen and oxygen atoms in total. The number of carbonyl (C=O) groups is 2. The molecule has 37 heavy (non-hydrogen) atoms. The molecule has 1 amide bonds. The van der Waals surface area contributed by atoms with Gasteiger partial charge in [-0.1, -0.05) is 57.2 Å². The molecule has 0 saturated carbocycles. The van der Waals surface area contributed by atoms with Crippen LogP contribution in [0.15, 0.2) is 72.3 Å². The van der Waals surface area contributed by atoms with Crippen molar-refractivity contribution in [3.8, 4) is 5.75 Å². The summed E-state index contributed by atoms with van der Waals surface area (Å²) < 4.78 is 19.1. The number of aliphatic hydroxyl groups is 1. The fraction of sp³-hybridized carbons (Fsp3) is 0.290. The zero-order valence-electron chi connectivity index (χ0n) is 21.8. The summed E-state index contributed by atoms with van der Waals surface area (Å²) in [6.45, 7) is 8.20. The Bertz CT molecular complexity index is 1350. The Labute approximate surface area is 217 Å². The molecule has 192 valence electrons. The fourth-order valence-electron chi connectivity index (χ4n) is 4.61. The smallest absolute Gasteiger partial charge is 0.295 e. The second-order valence-electron chi connectivity index (χ2n) is 10.4. The summed E-state index contributed by atoms with van der Waals surface area (Å²) in [4.78, 5) is 28.1. The van der Waals surface area contributed by atoms with Crippen molar-refractivity contribution >= 4 is 17.4 Å². The van der Waals surface area contributed by atoms with Crippen molar-refractivity contribution in [3.05, 3.63) is 106 Å². The number of benzene rings is 3. The minimum absolute atomic E-state index is 0.00856. The highest BCUT2D eigenvalue weighted by Gasteiger charge is 2.45. The minimum Gasteiger partial charge on any atom is -0.507 e. The molecule has 0 spiro atoms. The van der Waals surface area contributed by atoms with E-state index in [1.165, 1.54) is 23.1 Å². The van der Waals surface area contributed by atoms with Crippen LogP contribution in [0.4, 0.5) is 4.39 Å². The molecule has 1 atom stereocenters. The van der Waals surface area contributed by atoms with Crippen LogP contribution >= 0.6 is 0 Å². The molecule has 1 aliphatic heterocycles. The van der Waals surface area contributed by atoms with Gasteiger partial charge in [0.25, 0.3) is 11.7 Å². The fourth-order valence-corrected chi connectivity index (χ4v) is 4.61. The molecule has 0 aliphatic carbocycles. The highest BCUT2D eigenvalue weighted by Crippen LogP contribution is 2.40. The lowest BCUT2D eigenvalue weighted by molar-refractivity contribution is -0.139. The molecular formula is C31H32FNO4. The summed E-state index contributed by atoms with van der Waals surface area (Å²) in [7, 11) is 1.60. The summed E-state index contributed by atoms with van der Waals surface area (Å²) in [5.74, 6) is -1.40. The van der Waals surface area contributed by atoms with Crippen LogP contribution in [-0.2, 0) is 21.4 Å². The van der Waals surface area contributed by atoms with Crippen LogP contribution in [0, 0.1) is 12.7 Å². The third-order valence-electron chi connectivity index (χ3n) is 6.86. The summed E-state index contributed by atoms with van der Waals surface area (Å²) >= 11 is 0. The first-order chi connectivity index (χ1) is 17.5. The van der Waals surface area contributed by atoms with Crippen LogP contribution in [0.5, 0.6) is 5.75 Å². The van der Waals surface area contributed by atoms with Gasteiger partial charge < -0.3 is 14.7 Å². The van der Waals surface area contributed by atoms with Crippen LogP contribution < -0.4 is 4.74 Å². The number of halogens is 1. The number of ketones is 1. The van der Waals surface area contributed by atoms with Crippen LogP contribution in [0.2, 0.25) is 0 Å². The number of rotatable bonds is 6. The van der Waals surface area contributed by atoms with Gasteiger partial charge in [0, 0.05) is 12.1 Å². The molecule has 1 saturated heterocycles. The molecule has 3 aromatic rings. The maximum absolute atomic E-state index is 13.9. The molecule has 1 unspecified atom stereocenters. The average Bonchev–Trinajstić information content (AvgIpc) is 3.13. The van der Waals surface area contributed by atoms with Gasteiger partial charge in [0.1, 0.15) is 17.3 Å². The number of likely N-dealkylation sites (tertiary alicyclic amines) is 1. The van der Waals surface area contributed by atoms with E-state index in [9.17, 15) is 19.1 Å². The van der Waals surface area contributed by atoms with E-state index >= 15 is 0 Å². The van der Waals surface area contributed by atoms with Crippen LogP contribution in [0.25, 0.3) is 5.76 Å². The SMILES string of the molecule is COc1ccc(CCN2C(=O)C(=O)/C(=C(\O)c3ccc(F)c(C)c3)C2c2ccc(C(C)(C)C)cc2)cc1. The number of aliphatic hydroxyl groups excluding tert-OH is 1. The molecule has 1 heterocycles. The second-order valence-corrected chi connectivity index (χ2v) is 10.4. The van der Waals surface area contributed by atoms with Gasteiger partial charge in [0.15, 0.2) is 0 Å². The lowest BCUT2D eigenvalue weighted by atomic mass is 9.85. The van der Waals surface area contributed by atoms with Gasteiger partial charge in [-0.3, -0.25) is 9.59 Å². The summed E-state index contributed by atoms with van der Waals surface area (Å²) in [5.41, 5.74) is 3.39. The molecule has 6 heteroatoms. The van der Waals surface area contributed by atoms with Gasteiger partial charge in [0.05, 0.1) is 18.7 Å². The van der Waals surface area contributed by atoms with E-state index in [0.717, 1.165) is 22.4 Å². The molecule has 1 N–H and O–H groups in total. The zero-order chi connectivity index (χ0) is 26.9. The lowest BCUT2D eigenvalue weighted by Gasteiger charge is -2.26. The van der Waals surface area contributed by atoms with Gasteiger partial charge in [-0.05, 0) is 71.3 Å². The third-order valence-corrected chi connectivity index (χ3v) is 6.86. The van der Waals surface area contributed by atoms with Gasteiger partial charge in [-0.2, -0.15) is 0 Å². The summed E-state index contributed by atoms with van der Waals surface area (Å²) in [6.07, 6.45) is 0.517. The topological polar surface area (TPSA) is 66.8 Å². The highest BCUT2D eigenvalue weighted by molar-refractivity contribution is 6.46. The second kappa shape index (κ2) is 10.2. The standard InChI is InChI=1S/C31H32FNO4/c1-19-18-22(10-15-25(19)32)28(34)26-27(21-8-11-23(12-9-21)31(2,3)4)33(30(36)29(26)35)17-16-20-6-13-24(37-5)14-7-20/h6-15,18,27,34H,16-17H2,1-5H3/b28-26-. The quantitative estimate of drug-likeness (QED) is 0.252. The number of ether oxygens (including phenoxy) is 1. The first-order valence-electron chi connectivity index (χ1n) is 12.3. The third kappa shape index (κ3) is 5.29. The number of amides is 1. The van der Waals surface area contributed by atoms with E-state index in [-0.39, 0.29) is 23.3 Å². The predicted molar refractivity (Wildman–Crippen MR) is 142 cm³/mol. The van der Waals surface area contributed by atoms with Crippen molar-refractivity contribution < 1.29 is 23.8 Å². The Morgan fingerprint density at radius 3 is 2.22 bits per heavy atom. The Balaban J connectivity index is 1.77. The molecule has 1 fully saturated rings. The first kappa shape index (κ1) is 26.1. The van der Waals surface area contributed by atoms with E-state index in [1.54, 1.807) is 14.0 Å². The molecular weight excluding hydrogens is 469 g/mol. The maximum Gasteiger partial charge on any atom is 0.295 e. The summed E-state index contributed by atoms with van der Waals surface area (Å²) in [5, 5.41) is 11.2. The zero-order valence-corrected chi connectivity index (χ0v) is 21.8. The Hall–Kier alpha value is -3.93. The van der Waals surface area contributed by atoms with Gasteiger partial charge >= 0.3 is 0 Å². The first-order valence-corrected chi connectivity index (χ1v) is 12.3. The minimum atomic E-state index is -0.766. The van der Waals surface area contributed by atoms with Crippen molar-refractivity contribution in [1.82, 2.24) is 4.90 Å². The molecule has 3 aromatic carbocycles. The number of nitrogens with zero attached hydrogens (tertiary/aromatic N) is 1.